The Balaban J connectivity index is 1.81. The molecular weight excluding hydrogens is 314 g/mol. The van der Waals surface area contributed by atoms with Crippen molar-refractivity contribution < 1.29 is 9.59 Å². The summed E-state index contributed by atoms with van der Waals surface area (Å²) >= 11 is 0. The van der Waals surface area contributed by atoms with Crippen molar-refractivity contribution in [2.24, 2.45) is 5.92 Å². The van der Waals surface area contributed by atoms with Crippen LogP contribution in [0.3, 0.4) is 0 Å². The van der Waals surface area contributed by atoms with Gasteiger partial charge in [0, 0.05) is 31.9 Å². The van der Waals surface area contributed by atoms with Crippen LogP contribution in [0.4, 0.5) is 0 Å². The fraction of sp³-hybridized carbons (Fsp3) is 0.350. The molecule has 1 aromatic carbocycles. The number of carbonyl (C=O) groups is 2. The lowest BCUT2D eigenvalue weighted by Crippen LogP contribution is -2.35. The molecule has 2 atom stereocenters. The lowest BCUT2D eigenvalue weighted by atomic mass is 9.90. The van der Waals surface area contributed by atoms with E-state index in [9.17, 15) is 9.59 Å². The first kappa shape index (κ1) is 17.1. The van der Waals surface area contributed by atoms with Gasteiger partial charge in [0.25, 0.3) is 0 Å². The van der Waals surface area contributed by atoms with Crippen LogP contribution in [0.2, 0.25) is 0 Å². The number of nitrogens with zero attached hydrogens (tertiary/aromatic N) is 2. The van der Waals surface area contributed by atoms with Crippen LogP contribution in [-0.4, -0.2) is 28.2 Å². The van der Waals surface area contributed by atoms with E-state index >= 15 is 0 Å². The number of rotatable bonds is 5. The molecule has 2 heterocycles. The van der Waals surface area contributed by atoms with E-state index in [0.29, 0.717) is 13.1 Å². The minimum atomic E-state index is -0.370. The van der Waals surface area contributed by atoms with Crippen molar-refractivity contribution in [1.82, 2.24) is 15.2 Å². The molecule has 0 radical (unpaired) electrons. The van der Waals surface area contributed by atoms with Crippen molar-refractivity contribution in [2.45, 2.75) is 32.9 Å². The number of amides is 2. The van der Waals surface area contributed by atoms with Gasteiger partial charge in [-0.15, -0.1) is 0 Å². The molecule has 2 amide bonds. The minimum Gasteiger partial charge on any atom is -0.352 e. The summed E-state index contributed by atoms with van der Waals surface area (Å²) in [6.45, 7) is 5.00. The Labute approximate surface area is 148 Å². The van der Waals surface area contributed by atoms with Crippen LogP contribution in [0, 0.1) is 12.8 Å². The first-order chi connectivity index (χ1) is 12.1. The number of carbonyl (C=O) groups excluding carboxylic acids is 2. The summed E-state index contributed by atoms with van der Waals surface area (Å²) in [6, 6.07) is 11.5. The topological polar surface area (TPSA) is 62.3 Å². The molecule has 1 fully saturated rings. The Hall–Kier alpha value is -2.69. The Morgan fingerprint density at radius 1 is 1.28 bits per heavy atom. The minimum absolute atomic E-state index is 0.0391. The predicted octanol–water partition coefficient (Wildman–Crippen LogP) is 2.62. The quantitative estimate of drug-likeness (QED) is 0.912. The number of hydrogen-bond donors (Lipinski definition) is 1. The van der Waals surface area contributed by atoms with Gasteiger partial charge in [-0.05, 0) is 36.6 Å². The summed E-state index contributed by atoms with van der Waals surface area (Å²) in [5, 5.41) is 2.97. The van der Waals surface area contributed by atoms with E-state index in [-0.39, 0.29) is 30.2 Å². The summed E-state index contributed by atoms with van der Waals surface area (Å²) in [6.07, 6.45) is 3.69. The second kappa shape index (κ2) is 7.47. The molecule has 5 heteroatoms. The standard InChI is InChI=1S/C20H23N3O2/c1-3-23-18(24)11-17(19(23)16-9-5-4-7-14(16)2)20(25)22-13-15-8-6-10-21-12-15/h4-10,12,17,19H,3,11,13H2,1-2H3,(H,22,25)/t17-,19+/m1/s1. The molecular formula is C20H23N3O2. The van der Waals surface area contributed by atoms with Gasteiger partial charge in [-0.2, -0.15) is 0 Å². The maximum Gasteiger partial charge on any atom is 0.226 e. The van der Waals surface area contributed by atoms with Crippen molar-refractivity contribution in [3.05, 3.63) is 65.5 Å². The SMILES string of the molecule is CCN1C(=O)C[C@@H](C(=O)NCc2cccnc2)[C@@H]1c1ccccc1C. The largest absolute Gasteiger partial charge is 0.352 e. The molecule has 130 valence electrons. The van der Waals surface area contributed by atoms with Crippen molar-refractivity contribution >= 4 is 11.8 Å². The van der Waals surface area contributed by atoms with E-state index in [4.69, 9.17) is 0 Å². The van der Waals surface area contributed by atoms with Gasteiger partial charge in [0.15, 0.2) is 0 Å². The predicted molar refractivity (Wildman–Crippen MR) is 95.5 cm³/mol. The highest BCUT2D eigenvalue weighted by atomic mass is 16.2. The van der Waals surface area contributed by atoms with Crippen molar-refractivity contribution in [2.75, 3.05) is 6.54 Å². The van der Waals surface area contributed by atoms with Crippen LogP contribution in [0.25, 0.3) is 0 Å². The van der Waals surface area contributed by atoms with E-state index in [1.165, 1.54) is 0 Å². The number of likely N-dealkylation sites (tertiary alicyclic amines) is 1. The number of hydrogen-bond acceptors (Lipinski definition) is 3. The van der Waals surface area contributed by atoms with Gasteiger partial charge in [0.2, 0.25) is 11.8 Å². The van der Waals surface area contributed by atoms with E-state index < -0.39 is 0 Å². The zero-order valence-electron chi connectivity index (χ0n) is 14.6. The maximum atomic E-state index is 12.8. The van der Waals surface area contributed by atoms with E-state index in [1.807, 2.05) is 55.1 Å². The summed E-state index contributed by atoms with van der Waals surface area (Å²) in [5.41, 5.74) is 3.10. The Bertz CT molecular complexity index is 761. The smallest absolute Gasteiger partial charge is 0.226 e. The van der Waals surface area contributed by atoms with E-state index in [0.717, 1.165) is 16.7 Å². The summed E-state index contributed by atoms with van der Waals surface area (Å²) < 4.78 is 0. The second-order valence-corrected chi connectivity index (χ2v) is 6.37. The number of nitrogens with one attached hydrogen (secondary N) is 1. The highest BCUT2D eigenvalue weighted by Crippen LogP contribution is 2.39. The molecule has 2 aromatic rings. The average molecular weight is 337 g/mol. The molecule has 0 spiro atoms. The van der Waals surface area contributed by atoms with Crippen LogP contribution in [-0.2, 0) is 16.1 Å². The third kappa shape index (κ3) is 3.55. The van der Waals surface area contributed by atoms with Gasteiger partial charge < -0.3 is 10.2 Å². The van der Waals surface area contributed by atoms with Crippen LogP contribution in [0.15, 0.2) is 48.8 Å². The highest BCUT2D eigenvalue weighted by Gasteiger charge is 2.44. The fourth-order valence-electron chi connectivity index (χ4n) is 3.52. The molecule has 0 bridgehead atoms. The zero-order chi connectivity index (χ0) is 17.8. The molecule has 0 aliphatic carbocycles. The summed E-state index contributed by atoms with van der Waals surface area (Å²) in [4.78, 5) is 31.1. The monoisotopic (exact) mass is 337 g/mol. The first-order valence-corrected chi connectivity index (χ1v) is 8.63. The molecule has 1 aliphatic rings. The van der Waals surface area contributed by atoms with Gasteiger partial charge in [-0.25, -0.2) is 0 Å². The van der Waals surface area contributed by atoms with Crippen LogP contribution in [0.1, 0.15) is 36.1 Å². The lowest BCUT2D eigenvalue weighted by molar-refractivity contribution is -0.129. The third-order valence-electron chi connectivity index (χ3n) is 4.81. The summed E-state index contributed by atoms with van der Waals surface area (Å²) in [5.74, 6) is -0.413. The van der Waals surface area contributed by atoms with Crippen molar-refractivity contribution in [1.29, 1.82) is 0 Å². The van der Waals surface area contributed by atoms with Gasteiger partial charge in [-0.3, -0.25) is 14.6 Å². The van der Waals surface area contributed by atoms with E-state index in [1.54, 1.807) is 12.4 Å². The molecule has 1 saturated heterocycles. The Kier molecular flexibility index (Phi) is 5.12. The molecule has 25 heavy (non-hydrogen) atoms. The molecule has 0 unspecified atom stereocenters. The maximum absolute atomic E-state index is 12.8. The van der Waals surface area contributed by atoms with Crippen molar-refractivity contribution in [3.63, 3.8) is 0 Å². The Morgan fingerprint density at radius 2 is 2.08 bits per heavy atom. The number of aromatic nitrogens is 1. The van der Waals surface area contributed by atoms with Gasteiger partial charge in [0.1, 0.15) is 0 Å². The van der Waals surface area contributed by atoms with Crippen molar-refractivity contribution in [3.8, 4) is 0 Å². The van der Waals surface area contributed by atoms with E-state index in [2.05, 4.69) is 10.3 Å². The molecule has 1 aliphatic heterocycles. The zero-order valence-corrected chi connectivity index (χ0v) is 14.6. The molecule has 3 rings (SSSR count). The molecule has 1 N–H and O–H groups in total. The third-order valence-corrected chi connectivity index (χ3v) is 4.81. The van der Waals surface area contributed by atoms with Gasteiger partial charge >= 0.3 is 0 Å². The molecule has 5 nitrogen and oxygen atoms in total. The molecule has 1 aromatic heterocycles. The second-order valence-electron chi connectivity index (χ2n) is 6.37. The first-order valence-electron chi connectivity index (χ1n) is 8.63. The normalized spacial score (nSPS) is 19.9. The number of benzene rings is 1. The van der Waals surface area contributed by atoms with Crippen LogP contribution >= 0.6 is 0 Å². The number of aryl methyl sites for hydroxylation is 1. The number of pyridine rings is 1. The Morgan fingerprint density at radius 3 is 2.76 bits per heavy atom. The molecule has 0 saturated carbocycles. The highest BCUT2D eigenvalue weighted by molar-refractivity contribution is 5.90. The van der Waals surface area contributed by atoms with Crippen LogP contribution in [0.5, 0.6) is 0 Å². The van der Waals surface area contributed by atoms with Gasteiger partial charge in [0.05, 0.1) is 12.0 Å². The lowest BCUT2D eigenvalue weighted by Gasteiger charge is -2.28. The average Bonchev–Trinajstić information content (AvgIpc) is 2.97. The van der Waals surface area contributed by atoms with Crippen LogP contribution < -0.4 is 5.32 Å². The fourth-order valence-corrected chi connectivity index (χ4v) is 3.52. The summed E-state index contributed by atoms with van der Waals surface area (Å²) in [7, 11) is 0. The van der Waals surface area contributed by atoms with Gasteiger partial charge in [-0.1, -0.05) is 30.3 Å².